The van der Waals surface area contributed by atoms with E-state index in [1.807, 2.05) is 42.5 Å². The zero-order valence-electron chi connectivity index (χ0n) is 19.3. The summed E-state index contributed by atoms with van der Waals surface area (Å²) in [5.74, 6) is -0.707. The van der Waals surface area contributed by atoms with Crippen molar-refractivity contribution in [3.63, 3.8) is 0 Å². The van der Waals surface area contributed by atoms with Gasteiger partial charge in [0.2, 0.25) is 5.88 Å². The summed E-state index contributed by atoms with van der Waals surface area (Å²) in [6.45, 7) is 10.7. The Morgan fingerprint density at radius 1 is 1.18 bits per heavy atom. The van der Waals surface area contributed by atoms with Crippen LogP contribution in [0, 0.1) is 0 Å². The molecule has 1 saturated heterocycles. The van der Waals surface area contributed by atoms with Crippen LogP contribution in [-0.2, 0) is 9.53 Å². The molecule has 1 aromatic heterocycles. The van der Waals surface area contributed by atoms with Gasteiger partial charge < -0.3 is 14.6 Å². The molecule has 33 heavy (non-hydrogen) atoms. The van der Waals surface area contributed by atoms with Crippen molar-refractivity contribution in [2.75, 3.05) is 6.54 Å². The van der Waals surface area contributed by atoms with Crippen LogP contribution in [0.15, 0.2) is 49.0 Å². The summed E-state index contributed by atoms with van der Waals surface area (Å²) < 4.78 is 11.8. The number of carboxylic acids is 1. The predicted octanol–water partition coefficient (Wildman–Crippen LogP) is 5.26. The molecule has 1 amide bonds. The van der Waals surface area contributed by atoms with E-state index in [1.165, 1.54) is 11.8 Å². The number of hydrogen-bond donors (Lipinski definition) is 1. The number of rotatable bonds is 4. The van der Waals surface area contributed by atoms with E-state index in [-0.39, 0.29) is 13.0 Å². The largest absolute Gasteiger partial charge is 0.480 e. The molecule has 1 fully saturated rings. The molecular weight excluding hydrogens is 420 g/mol. The number of benzene rings is 2. The van der Waals surface area contributed by atoms with Crippen LogP contribution in [0.5, 0.6) is 5.88 Å². The van der Waals surface area contributed by atoms with Gasteiger partial charge in [0, 0.05) is 17.2 Å². The fourth-order valence-electron chi connectivity index (χ4n) is 4.21. The molecule has 0 radical (unpaired) electrons. The van der Waals surface area contributed by atoms with Gasteiger partial charge in [0.05, 0.1) is 12.1 Å². The second-order valence-electron chi connectivity index (χ2n) is 9.56. The van der Waals surface area contributed by atoms with Crippen molar-refractivity contribution < 1.29 is 24.2 Å². The summed E-state index contributed by atoms with van der Waals surface area (Å²) in [6, 6.07) is 13.7. The molecule has 3 aromatic rings. The molecule has 7 nitrogen and oxygen atoms in total. The van der Waals surface area contributed by atoms with Gasteiger partial charge in [-0.3, -0.25) is 4.90 Å². The van der Waals surface area contributed by atoms with Gasteiger partial charge in [-0.2, -0.15) is 0 Å². The molecule has 1 aliphatic heterocycles. The summed E-state index contributed by atoms with van der Waals surface area (Å²) in [5, 5.41) is 12.7. The Morgan fingerprint density at radius 3 is 2.58 bits per heavy atom. The average Bonchev–Trinajstić information content (AvgIpc) is 3.10. The Hall–Kier alpha value is -3.61. The highest BCUT2D eigenvalue weighted by atomic mass is 16.6. The first-order valence-electron chi connectivity index (χ1n) is 10.9. The summed E-state index contributed by atoms with van der Waals surface area (Å²) in [5.41, 5.74) is -0.505. The van der Waals surface area contributed by atoms with Crippen LogP contribution in [0.25, 0.3) is 27.8 Å². The number of hydrogen-bond acceptors (Lipinski definition) is 5. The lowest BCUT2D eigenvalue weighted by Crippen LogP contribution is -2.52. The fraction of sp³-hybridized carbons (Fsp3) is 0.346. The standard InChI is InChI=1S/C26H28N2O5/c1-6-16-11-12-18-19-9-7-8-10-21(19)27-22(20(18)13-16)32-17-14-26(5,23(29)30)28(15-17)24(31)33-25(2,3)4/h6-13,17H,1,14-15H2,2-5H3,(H,29,30)/t17-,26+/m1/s1. The number of carbonyl (C=O) groups excluding carboxylic acids is 1. The molecule has 2 atom stereocenters. The maximum absolute atomic E-state index is 12.8. The zero-order chi connectivity index (χ0) is 24.0. The summed E-state index contributed by atoms with van der Waals surface area (Å²) in [7, 11) is 0. The lowest BCUT2D eigenvalue weighted by Gasteiger charge is -2.32. The van der Waals surface area contributed by atoms with Crippen molar-refractivity contribution in [1.82, 2.24) is 9.88 Å². The van der Waals surface area contributed by atoms with E-state index in [0.29, 0.717) is 5.88 Å². The van der Waals surface area contributed by atoms with Crippen LogP contribution in [0.1, 0.15) is 39.7 Å². The molecule has 1 N–H and O–H groups in total. The van der Waals surface area contributed by atoms with E-state index >= 15 is 0 Å². The van der Waals surface area contributed by atoms with E-state index < -0.39 is 29.3 Å². The summed E-state index contributed by atoms with van der Waals surface area (Å²) >= 11 is 0. The number of ether oxygens (including phenoxy) is 2. The van der Waals surface area contributed by atoms with Crippen LogP contribution in [0.4, 0.5) is 4.79 Å². The Bertz CT molecular complexity index is 1260. The first-order chi connectivity index (χ1) is 15.5. The van der Waals surface area contributed by atoms with E-state index in [1.54, 1.807) is 26.8 Å². The molecule has 2 heterocycles. The van der Waals surface area contributed by atoms with Gasteiger partial charge in [0.1, 0.15) is 17.2 Å². The van der Waals surface area contributed by atoms with Gasteiger partial charge in [-0.25, -0.2) is 14.6 Å². The Balaban J connectivity index is 1.73. The quantitative estimate of drug-likeness (QED) is 0.548. The third-order valence-electron chi connectivity index (χ3n) is 5.89. The third-order valence-corrected chi connectivity index (χ3v) is 5.89. The highest BCUT2D eigenvalue weighted by Crippen LogP contribution is 2.37. The maximum Gasteiger partial charge on any atom is 0.411 e. The number of carbonyl (C=O) groups is 2. The number of fused-ring (bicyclic) bond motifs is 3. The smallest absolute Gasteiger partial charge is 0.411 e. The lowest BCUT2D eigenvalue weighted by molar-refractivity contribution is -0.148. The second kappa shape index (κ2) is 8.06. The van der Waals surface area contributed by atoms with Gasteiger partial charge in [0.25, 0.3) is 0 Å². The molecule has 0 bridgehead atoms. The van der Waals surface area contributed by atoms with Crippen molar-refractivity contribution in [2.24, 2.45) is 0 Å². The first kappa shape index (κ1) is 22.6. The molecule has 0 spiro atoms. The maximum atomic E-state index is 12.8. The van der Waals surface area contributed by atoms with E-state index in [2.05, 4.69) is 6.58 Å². The molecule has 0 saturated carbocycles. The molecule has 0 unspecified atom stereocenters. The minimum absolute atomic E-state index is 0.0782. The molecule has 7 heteroatoms. The van der Waals surface area contributed by atoms with Gasteiger partial charge in [-0.05, 0) is 50.8 Å². The normalized spacial score (nSPS) is 20.7. The number of aromatic nitrogens is 1. The first-order valence-corrected chi connectivity index (χ1v) is 10.9. The predicted molar refractivity (Wildman–Crippen MR) is 127 cm³/mol. The number of nitrogens with zero attached hydrogens (tertiary/aromatic N) is 2. The molecular formula is C26H28N2O5. The summed E-state index contributed by atoms with van der Waals surface area (Å²) in [6.07, 6.45) is 0.616. The van der Waals surface area contributed by atoms with Crippen LogP contribution in [-0.4, -0.2) is 50.8 Å². The topological polar surface area (TPSA) is 89.0 Å². The van der Waals surface area contributed by atoms with Crippen LogP contribution in [0.3, 0.4) is 0 Å². The Labute approximate surface area is 192 Å². The number of carboxylic acid groups (broad SMARTS) is 1. The summed E-state index contributed by atoms with van der Waals surface area (Å²) in [4.78, 5) is 30.9. The lowest BCUT2D eigenvalue weighted by atomic mass is 9.98. The zero-order valence-corrected chi connectivity index (χ0v) is 19.3. The minimum Gasteiger partial charge on any atom is -0.480 e. The van der Waals surface area contributed by atoms with Gasteiger partial charge in [-0.1, -0.05) is 43.0 Å². The van der Waals surface area contributed by atoms with Gasteiger partial charge in [-0.15, -0.1) is 0 Å². The van der Waals surface area contributed by atoms with Crippen LogP contribution < -0.4 is 4.74 Å². The van der Waals surface area contributed by atoms with Crippen LogP contribution >= 0.6 is 0 Å². The van der Waals surface area contributed by atoms with E-state index in [0.717, 1.165) is 27.2 Å². The van der Waals surface area contributed by atoms with Gasteiger partial charge >= 0.3 is 12.1 Å². The average molecular weight is 449 g/mol. The highest BCUT2D eigenvalue weighted by molar-refractivity contribution is 6.08. The monoisotopic (exact) mass is 448 g/mol. The van der Waals surface area contributed by atoms with Crippen molar-refractivity contribution in [3.8, 4) is 5.88 Å². The molecule has 0 aliphatic carbocycles. The van der Waals surface area contributed by atoms with E-state index in [4.69, 9.17) is 14.5 Å². The highest BCUT2D eigenvalue weighted by Gasteiger charge is 2.52. The third kappa shape index (κ3) is 4.23. The van der Waals surface area contributed by atoms with Crippen molar-refractivity contribution in [2.45, 2.75) is 51.4 Å². The number of aliphatic carboxylic acids is 1. The van der Waals surface area contributed by atoms with Crippen molar-refractivity contribution >= 4 is 39.8 Å². The van der Waals surface area contributed by atoms with E-state index in [9.17, 15) is 14.7 Å². The number of likely N-dealkylation sites (tertiary alicyclic amines) is 1. The van der Waals surface area contributed by atoms with Gasteiger partial charge in [0.15, 0.2) is 0 Å². The number of pyridine rings is 1. The minimum atomic E-state index is -1.45. The molecule has 172 valence electrons. The number of para-hydroxylation sites is 1. The van der Waals surface area contributed by atoms with Crippen molar-refractivity contribution in [1.29, 1.82) is 0 Å². The molecule has 2 aromatic carbocycles. The SMILES string of the molecule is C=Cc1ccc2c(c1)c(O[C@H]1CN(C(=O)OC(C)(C)C)[C@](C)(C(=O)O)C1)nc1ccccc12. The fourth-order valence-corrected chi connectivity index (χ4v) is 4.21. The second-order valence-corrected chi connectivity index (χ2v) is 9.56. The number of amides is 1. The Kier molecular flexibility index (Phi) is 5.52. The molecule has 4 rings (SSSR count). The van der Waals surface area contributed by atoms with Crippen LogP contribution in [0.2, 0.25) is 0 Å². The Morgan fingerprint density at radius 2 is 1.91 bits per heavy atom. The van der Waals surface area contributed by atoms with Crippen molar-refractivity contribution in [3.05, 3.63) is 54.6 Å². The molecule has 1 aliphatic rings.